The summed E-state index contributed by atoms with van der Waals surface area (Å²) >= 11 is 0. The Morgan fingerprint density at radius 2 is 1.71 bits per heavy atom. The molecule has 0 aliphatic rings. The summed E-state index contributed by atoms with van der Waals surface area (Å²) in [6.07, 6.45) is 0. The van der Waals surface area contributed by atoms with E-state index in [2.05, 4.69) is 0 Å². The van der Waals surface area contributed by atoms with E-state index in [1.807, 2.05) is 0 Å². The number of hydrogen-bond donors (Lipinski definition) is 1. The van der Waals surface area contributed by atoms with Crippen molar-refractivity contribution in [2.45, 2.75) is 13.8 Å². The fourth-order valence-corrected chi connectivity index (χ4v) is 0. The second-order valence-electron chi connectivity index (χ2n) is 1.49. The van der Waals surface area contributed by atoms with Gasteiger partial charge in [0.15, 0.2) is 0 Å². The van der Waals surface area contributed by atoms with Gasteiger partial charge in [-0.25, -0.2) is 0 Å². The molecule has 0 spiro atoms. The minimum atomic E-state index is -0.741. The Labute approximate surface area is 53.4 Å². The van der Waals surface area contributed by atoms with E-state index in [9.17, 15) is 4.79 Å². The molecule has 0 amide bonds. The molecule has 0 unspecified atom stereocenters. The van der Waals surface area contributed by atoms with Crippen molar-refractivity contribution in [1.29, 1.82) is 0 Å². The Morgan fingerprint density at radius 1 is 1.57 bits per heavy atom. The molecular formula is C4H8MnO2. The minimum Gasteiger partial charge on any atom is -0.481 e. The van der Waals surface area contributed by atoms with Crippen molar-refractivity contribution in [3.05, 3.63) is 0 Å². The Kier molecular flexibility index (Phi) is 5.98. The van der Waals surface area contributed by atoms with Crippen LogP contribution in [0.15, 0.2) is 0 Å². The molecule has 0 aliphatic carbocycles. The monoisotopic (exact) mass is 143 g/mol. The first-order chi connectivity index (χ1) is 2.64. The van der Waals surface area contributed by atoms with E-state index in [0.717, 1.165) is 0 Å². The van der Waals surface area contributed by atoms with Gasteiger partial charge >= 0.3 is 5.97 Å². The van der Waals surface area contributed by atoms with Crippen LogP contribution in [0.25, 0.3) is 0 Å². The topological polar surface area (TPSA) is 37.3 Å². The maximum atomic E-state index is 9.70. The molecular weight excluding hydrogens is 135 g/mol. The molecule has 0 aromatic carbocycles. The van der Waals surface area contributed by atoms with Gasteiger partial charge in [-0.05, 0) is 0 Å². The van der Waals surface area contributed by atoms with Crippen LogP contribution in [0.1, 0.15) is 13.8 Å². The summed E-state index contributed by atoms with van der Waals surface area (Å²) in [4.78, 5) is 9.70. The Balaban J connectivity index is 0. The fraction of sp³-hybridized carbons (Fsp3) is 0.750. The van der Waals surface area contributed by atoms with E-state index in [1.165, 1.54) is 0 Å². The van der Waals surface area contributed by atoms with Gasteiger partial charge in [0.2, 0.25) is 0 Å². The van der Waals surface area contributed by atoms with Crippen molar-refractivity contribution >= 4 is 5.97 Å². The second kappa shape index (κ2) is 4.16. The average Bonchev–Trinajstić information content (AvgIpc) is 1.36. The Hall–Kier alpha value is -0.0105. The number of carboxylic acids is 1. The van der Waals surface area contributed by atoms with Crippen molar-refractivity contribution in [1.82, 2.24) is 0 Å². The van der Waals surface area contributed by atoms with Crippen LogP contribution >= 0.6 is 0 Å². The molecule has 0 saturated carbocycles. The Morgan fingerprint density at radius 3 is 1.71 bits per heavy atom. The molecule has 43 valence electrons. The fourth-order valence-electron chi connectivity index (χ4n) is 0. The quantitative estimate of drug-likeness (QED) is 0.549. The van der Waals surface area contributed by atoms with Gasteiger partial charge in [-0.1, -0.05) is 13.8 Å². The average molecular weight is 143 g/mol. The predicted octanol–water partition coefficient (Wildman–Crippen LogP) is 0.724. The van der Waals surface area contributed by atoms with E-state index in [4.69, 9.17) is 5.11 Å². The van der Waals surface area contributed by atoms with Crippen molar-refractivity contribution < 1.29 is 27.0 Å². The number of carboxylic acid groups (broad SMARTS) is 1. The molecule has 0 rings (SSSR count). The molecule has 0 aliphatic heterocycles. The van der Waals surface area contributed by atoms with Crippen molar-refractivity contribution in [2.24, 2.45) is 5.92 Å². The predicted molar refractivity (Wildman–Crippen MR) is 22.5 cm³/mol. The van der Waals surface area contributed by atoms with Crippen LogP contribution in [0.3, 0.4) is 0 Å². The van der Waals surface area contributed by atoms with E-state index < -0.39 is 5.97 Å². The smallest absolute Gasteiger partial charge is 0.305 e. The molecule has 0 saturated heterocycles. The second-order valence-corrected chi connectivity index (χ2v) is 1.49. The van der Waals surface area contributed by atoms with Crippen LogP contribution in [0.4, 0.5) is 0 Å². The third-order valence-electron chi connectivity index (χ3n) is 0.494. The van der Waals surface area contributed by atoms with Crippen molar-refractivity contribution in [2.75, 3.05) is 0 Å². The van der Waals surface area contributed by atoms with Crippen LogP contribution in [0.2, 0.25) is 0 Å². The molecule has 2 nitrogen and oxygen atoms in total. The summed E-state index contributed by atoms with van der Waals surface area (Å²) in [5.41, 5.74) is 0. The van der Waals surface area contributed by atoms with Crippen LogP contribution < -0.4 is 0 Å². The molecule has 0 atom stereocenters. The molecule has 0 aromatic rings. The summed E-state index contributed by atoms with van der Waals surface area (Å²) in [7, 11) is 0. The summed E-state index contributed by atoms with van der Waals surface area (Å²) < 4.78 is 0. The van der Waals surface area contributed by atoms with Crippen LogP contribution in [0, 0.1) is 5.92 Å². The normalized spacial score (nSPS) is 7.86. The first-order valence-corrected chi connectivity index (χ1v) is 1.87. The number of rotatable bonds is 1. The summed E-state index contributed by atoms with van der Waals surface area (Å²) in [6, 6.07) is 0. The van der Waals surface area contributed by atoms with Crippen LogP contribution in [0.5, 0.6) is 0 Å². The minimum absolute atomic E-state index is 0. The molecule has 3 heteroatoms. The van der Waals surface area contributed by atoms with Gasteiger partial charge in [-0.2, -0.15) is 0 Å². The largest absolute Gasteiger partial charge is 0.481 e. The third-order valence-corrected chi connectivity index (χ3v) is 0.494. The zero-order valence-electron chi connectivity index (χ0n) is 4.31. The van der Waals surface area contributed by atoms with E-state index in [1.54, 1.807) is 13.8 Å². The number of hydrogen-bond acceptors (Lipinski definition) is 1. The van der Waals surface area contributed by atoms with Gasteiger partial charge in [0.25, 0.3) is 0 Å². The van der Waals surface area contributed by atoms with Gasteiger partial charge in [-0.15, -0.1) is 0 Å². The van der Waals surface area contributed by atoms with Crippen LogP contribution in [-0.4, -0.2) is 11.1 Å². The van der Waals surface area contributed by atoms with E-state index in [-0.39, 0.29) is 23.0 Å². The summed E-state index contributed by atoms with van der Waals surface area (Å²) in [5.74, 6) is -0.972. The number of aliphatic carboxylic acids is 1. The SMILES string of the molecule is CC(C)C(=O)O.[Mn]. The van der Waals surface area contributed by atoms with Crippen molar-refractivity contribution in [3.8, 4) is 0 Å². The molecule has 0 aromatic heterocycles. The maximum absolute atomic E-state index is 9.70. The first-order valence-electron chi connectivity index (χ1n) is 1.87. The van der Waals surface area contributed by atoms with E-state index >= 15 is 0 Å². The number of carbonyl (C=O) groups is 1. The standard InChI is InChI=1S/C4H8O2.Mn/c1-3(2)4(5)6;/h3H,1-2H3,(H,5,6);. The van der Waals surface area contributed by atoms with Gasteiger partial charge < -0.3 is 5.11 Å². The van der Waals surface area contributed by atoms with E-state index in [0.29, 0.717) is 0 Å². The maximum Gasteiger partial charge on any atom is 0.305 e. The molecule has 1 N–H and O–H groups in total. The summed E-state index contributed by atoms with van der Waals surface area (Å²) in [5, 5.41) is 7.99. The zero-order chi connectivity index (χ0) is 5.15. The first kappa shape index (κ1) is 10.1. The zero-order valence-corrected chi connectivity index (χ0v) is 5.49. The van der Waals surface area contributed by atoms with Gasteiger partial charge in [-0.3, -0.25) is 4.79 Å². The van der Waals surface area contributed by atoms with Gasteiger partial charge in [0, 0.05) is 17.1 Å². The molecule has 0 heterocycles. The molecule has 1 radical (unpaired) electrons. The molecule has 0 bridgehead atoms. The van der Waals surface area contributed by atoms with Crippen LogP contribution in [-0.2, 0) is 21.9 Å². The molecule has 0 fully saturated rings. The summed E-state index contributed by atoms with van der Waals surface area (Å²) in [6.45, 7) is 3.28. The van der Waals surface area contributed by atoms with Gasteiger partial charge in [0.05, 0.1) is 5.92 Å². The molecule has 7 heavy (non-hydrogen) atoms. The Bertz CT molecular complexity index is 60.7. The van der Waals surface area contributed by atoms with Gasteiger partial charge in [0.1, 0.15) is 0 Å². The third kappa shape index (κ3) is 5.99. The van der Waals surface area contributed by atoms with Crippen molar-refractivity contribution in [3.63, 3.8) is 0 Å².